The summed E-state index contributed by atoms with van der Waals surface area (Å²) in [5, 5.41) is 0.619. The second kappa shape index (κ2) is 10.7. The topological polar surface area (TPSA) is 39.3 Å². The highest BCUT2D eigenvalue weighted by Gasteiger charge is 2.60. The van der Waals surface area contributed by atoms with E-state index < -0.39 is 24.5 Å². The number of likely N-dealkylation sites (tertiary alicyclic amines) is 1. The maximum absolute atomic E-state index is 12.7. The fraction of sp³-hybridized carbons (Fsp3) is 0.708. The van der Waals surface area contributed by atoms with E-state index in [2.05, 4.69) is 21.6 Å². The molecule has 0 radical (unpaired) electrons. The summed E-state index contributed by atoms with van der Waals surface area (Å²) in [4.78, 5) is 19.8. The van der Waals surface area contributed by atoms with E-state index in [9.17, 15) is 31.1 Å². The number of carbonyl (C=O) groups excluding carboxylic acids is 1. The average Bonchev–Trinajstić information content (AvgIpc) is 3.17. The number of piperidine rings is 1. The molecule has 1 amide bonds. The summed E-state index contributed by atoms with van der Waals surface area (Å²) >= 11 is 6.32. The van der Waals surface area contributed by atoms with Gasteiger partial charge in [0.25, 0.3) is 6.10 Å². The summed E-state index contributed by atoms with van der Waals surface area (Å²) < 4.78 is 80.2. The van der Waals surface area contributed by atoms with Gasteiger partial charge in [0.2, 0.25) is 0 Å². The van der Waals surface area contributed by atoms with E-state index in [4.69, 9.17) is 11.6 Å². The molecule has 1 aromatic rings. The van der Waals surface area contributed by atoms with Crippen LogP contribution in [0, 0.1) is 0 Å². The van der Waals surface area contributed by atoms with Crippen LogP contribution in [-0.4, -0.2) is 97.6 Å². The number of alkyl halides is 6. The second-order valence-electron chi connectivity index (χ2n) is 10.1. The first-order valence-electron chi connectivity index (χ1n) is 12.3. The van der Waals surface area contributed by atoms with E-state index in [1.165, 1.54) is 12.8 Å². The van der Waals surface area contributed by atoms with E-state index in [1.807, 2.05) is 17.0 Å². The number of carbonyl (C=O) groups is 1. The highest BCUT2D eigenvalue weighted by molar-refractivity contribution is 6.30. The zero-order chi connectivity index (χ0) is 27.0. The monoisotopic (exact) mass is 556 g/mol. The zero-order valence-corrected chi connectivity index (χ0v) is 21.3. The molecule has 3 aliphatic heterocycles. The Morgan fingerprint density at radius 3 is 2.14 bits per heavy atom. The number of hydrogen-bond acceptors (Lipinski definition) is 5. The van der Waals surface area contributed by atoms with Crippen LogP contribution in [0.15, 0.2) is 18.2 Å². The first-order chi connectivity index (χ1) is 17.3. The third-order valence-electron chi connectivity index (χ3n) is 7.87. The highest BCUT2D eigenvalue weighted by atomic mass is 35.5. The van der Waals surface area contributed by atoms with Gasteiger partial charge in [-0.2, -0.15) is 26.3 Å². The van der Waals surface area contributed by atoms with Gasteiger partial charge in [-0.15, -0.1) is 0 Å². The number of rotatable bonds is 4. The number of anilines is 1. The SMILES string of the molecule is CN1CCCC12CCN(c1cc(Cl)ccc1CN1CCN(C(=O)OC(C(F)(F)F)C(F)(F)F)CC1)CC2. The van der Waals surface area contributed by atoms with Gasteiger partial charge in [-0.05, 0) is 57.0 Å². The number of ether oxygens (including phenoxy) is 1. The van der Waals surface area contributed by atoms with Gasteiger partial charge in [0.1, 0.15) is 0 Å². The molecule has 1 spiro atoms. The lowest BCUT2D eigenvalue weighted by Gasteiger charge is -2.45. The van der Waals surface area contributed by atoms with Crippen molar-refractivity contribution in [2.45, 2.75) is 56.2 Å². The number of benzene rings is 1. The Bertz CT molecular complexity index is 946. The third kappa shape index (κ3) is 6.39. The van der Waals surface area contributed by atoms with Gasteiger partial charge in [0.05, 0.1) is 0 Å². The molecule has 0 atom stereocenters. The van der Waals surface area contributed by atoms with Crippen molar-refractivity contribution in [1.29, 1.82) is 0 Å². The van der Waals surface area contributed by atoms with Crippen molar-refractivity contribution >= 4 is 23.4 Å². The number of piperazine rings is 1. The lowest BCUT2D eigenvalue weighted by molar-refractivity contribution is -0.308. The third-order valence-corrected chi connectivity index (χ3v) is 8.10. The number of amides is 1. The second-order valence-corrected chi connectivity index (χ2v) is 10.6. The molecule has 0 N–H and O–H groups in total. The van der Waals surface area contributed by atoms with Gasteiger partial charge < -0.3 is 19.4 Å². The van der Waals surface area contributed by atoms with Crippen molar-refractivity contribution in [2.75, 3.05) is 57.8 Å². The van der Waals surface area contributed by atoms with Gasteiger partial charge in [0.15, 0.2) is 0 Å². The molecular formula is C24H31ClF6N4O2. The molecule has 37 heavy (non-hydrogen) atoms. The Morgan fingerprint density at radius 2 is 1.59 bits per heavy atom. The van der Waals surface area contributed by atoms with E-state index in [0.717, 1.165) is 48.6 Å². The van der Waals surface area contributed by atoms with Crippen molar-refractivity contribution in [3.8, 4) is 0 Å². The van der Waals surface area contributed by atoms with Crippen LogP contribution in [0.25, 0.3) is 0 Å². The van der Waals surface area contributed by atoms with Crippen LogP contribution in [0.4, 0.5) is 36.8 Å². The number of nitrogens with zero attached hydrogens (tertiary/aromatic N) is 4. The first kappa shape index (κ1) is 28.1. The van der Waals surface area contributed by atoms with Crippen LogP contribution < -0.4 is 4.90 Å². The van der Waals surface area contributed by atoms with E-state index in [0.29, 0.717) is 11.6 Å². The quantitative estimate of drug-likeness (QED) is 0.480. The summed E-state index contributed by atoms with van der Waals surface area (Å²) in [6.45, 7) is 3.93. The van der Waals surface area contributed by atoms with Gasteiger partial charge in [-0.25, -0.2) is 4.79 Å². The molecule has 208 valence electrons. The molecular weight excluding hydrogens is 526 g/mol. The summed E-state index contributed by atoms with van der Waals surface area (Å²) in [5.41, 5.74) is 2.32. The van der Waals surface area contributed by atoms with E-state index in [1.54, 1.807) is 6.07 Å². The lowest BCUT2D eigenvalue weighted by atomic mass is 9.85. The first-order valence-corrected chi connectivity index (χ1v) is 12.7. The van der Waals surface area contributed by atoms with Crippen molar-refractivity contribution in [2.24, 2.45) is 0 Å². The smallest absolute Gasteiger partial charge is 0.426 e. The molecule has 3 fully saturated rings. The Labute approximate surface area is 217 Å². The molecule has 1 aromatic carbocycles. The molecule has 0 bridgehead atoms. The van der Waals surface area contributed by atoms with Crippen LogP contribution in [0.3, 0.4) is 0 Å². The van der Waals surface area contributed by atoms with Crippen LogP contribution >= 0.6 is 11.6 Å². The molecule has 3 saturated heterocycles. The fourth-order valence-electron chi connectivity index (χ4n) is 5.66. The summed E-state index contributed by atoms with van der Waals surface area (Å²) in [5.74, 6) is 0. The predicted octanol–water partition coefficient (Wildman–Crippen LogP) is 5.15. The van der Waals surface area contributed by atoms with Crippen molar-refractivity contribution in [3.63, 3.8) is 0 Å². The lowest BCUT2D eigenvalue weighted by Crippen LogP contribution is -2.52. The molecule has 0 saturated carbocycles. The largest absolute Gasteiger partial charge is 0.434 e. The van der Waals surface area contributed by atoms with Crippen LogP contribution in [0.1, 0.15) is 31.2 Å². The summed E-state index contributed by atoms with van der Waals surface area (Å²) in [6.07, 6.45) is -12.7. The molecule has 0 unspecified atom stereocenters. The minimum Gasteiger partial charge on any atom is -0.426 e. The van der Waals surface area contributed by atoms with Gasteiger partial charge in [-0.3, -0.25) is 4.90 Å². The van der Waals surface area contributed by atoms with Crippen LogP contribution in [-0.2, 0) is 11.3 Å². The minimum atomic E-state index is -5.73. The van der Waals surface area contributed by atoms with Gasteiger partial charge >= 0.3 is 18.4 Å². The Morgan fingerprint density at radius 1 is 0.973 bits per heavy atom. The normalized spacial score (nSPS) is 21.8. The summed E-state index contributed by atoms with van der Waals surface area (Å²) in [6, 6.07) is 5.69. The van der Waals surface area contributed by atoms with Gasteiger partial charge in [-0.1, -0.05) is 17.7 Å². The molecule has 6 nitrogen and oxygen atoms in total. The number of halogens is 7. The predicted molar refractivity (Wildman–Crippen MR) is 127 cm³/mol. The standard InChI is InChI=1S/C24H31ClF6N4O2/c1-32-8-2-5-22(32)6-9-34(10-7-22)19-15-18(25)4-3-17(19)16-33-11-13-35(14-12-33)21(36)37-20(23(26,27)28)24(29,30)31/h3-4,15,20H,2,5-14,16H2,1H3. The van der Waals surface area contributed by atoms with Crippen molar-refractivity contribution in [3.05, 3.63) is 28.8 Å². The Balaban J connectivity index is 1.35. The summed E-state index contributed by atoms with van der Waals surface area (Å²) in [7, 11) is 2.19. The maximum atomic E-state index is 12.7. The van der Waals surface area contributed by atoms with Gasteiger partial charge in [0, 0.05) is 62.1 Å². The molecule has 13 heteroatoms. The number of hydrogen-bond donors (Lipinski definition) is 0. The van der Waals surface area contributed by atoms with Crippen molar-refractivity contribution in [1.82, 2.24) is 14.7 Å². The molecule has 4 rings (SSSR count). The molecule has 3 aliphatic rings. The van der Waals surface area contributed by atoms with E-state index >= 15 is 0 Å². The Kier molecular flexibility index (Phi) is 8.11. The Hall–Kier alpha value is -1.92. The molecule has 3 heterocycles. The van der Waals surface area contributed by atoms with Crippen molar-refractivity contribution < 1.29 is 35.9 Å². The molecule has 0 aromatic heterocycles. The zero-order valence-electron chi connectivity index (χ0n) is 20.5. The van der Waals surface area contributed by atoms with E-state index in [-0.39, 0.29) is 31.7 Å². The maximum Gasteiger partial charge on any atom is 0.434 e. The fourth-order valence-corrected chi connectivity index (χ4v) is 5.82. The minimum absolute atomic E-state index is 0.0389. The van der Waals surface area contributed by atoms with Crippen LogP contribution in [0.5, 0.6) is 0 Å². The average molecular weight is 557 g/mol. The highest BCUT2D eigenvalue weighted by Crippen LogP contribution is 2.40. The molecule has 0 aliphatic carbocycles. The van der Waals surface area contributed by atoms with Crippen LogP contribution in [0.2, 0.25) is 5.02 Å².